The number of hydrogen-bond donors (Lipinski definition) is 0. The number of anilines is 3. The Morgan fingerprint density at radius 2 is 1.10 bits per heavy atom. The van der Waals surface area contributed by atoms with Crippen LogP contribution in [0.2, 0.25) is 0 Å². The lowest BCUT2D eigenvalue weighted by Crippen LogP contribution is -2.16. The van der Waals surface area contributed by atoms with Gasteiger partial charge in [0.05, 0.1) is 5.69 Å². The monoisotopic (exact) mass is 537 g/mol. The summed E-state index contributed by atoms with van der Waals surface area (Å²) in [7, 11) is 0. The molecule has 42 heavy (non-hydrogen) atoms. The molecule has 1 nitrogen and oxygen atoms in total. The Morgan fingerprint density at radius 3 is 2.00 bits per heavy atom. The second kappa shape index (κ2) is 9.46. The predicted molar refractivity (Wildman–Crippen MR) is 179 cm³/mol. The third-order valence-corrected chi connectivity index (χ3v) is 9.02. The molecule has 0 atom stereocenters. The van der Waals surface area contributed by atoms with E-state index >= 15 is 0 Å². The second-order valence-corrected chi connectivity index (χ2v) is 11.8. The molecular weight excluding hydrogens is 506 g/mol. The first-order valence-corrected chi connectivity index (χ1v) is 14.7. The summed E-state index contributed by atoms with van der Waals surface area (Å²) in [4.78, 5) is 2.44. The van der Waals surface area contributed by atoms with Gasteiger partial charge in [0.1, 0.15) is 0 Å². The first kappa shape index (κ1) is 24.6. The summed E-state index contributed by atoms with van der Waals surface area (Å²) < 4.78 is 0. The molecule has 0 spiro atoms. The molecule has 1 aliphatic rings. The van der Waals surface area contributed by atoms with E-state index in [9.17, 15) is 0 Å². The van der Waals surface area contributed by atoms with Crippen LogP contribution < -0.4 is 4.90 Å². The lowest BCUT2D eigenvalue weighted by molar-refractivity contribution is 0.660. The molecule has 1 aliphatic carbocycles. The number of nitrogens with zero attached hydrogens (tertiary/aromatic N) is 1. The van der Waals surface area contributed by atoms with E-state index in [-0.39, 0.29) is 5.41 Å². The Morgan fingerprint density at radius 1 is 0.429 bits per heavy atom. The van der Waals surface area contributed by atoms with Gasteiger partial charge in [0.2, 0.25) is 0 Å². The molecule has 0 aromatic heterocycles. The van der Waals surface area contributed by atoms with Crippen LogP contribution in [0, 0.1) is 0 Å². The average molecular weight is 538 g/mol. The maximum atomic E-state index is 2.44. The summed E-state index contributed by atoms with van der Waals surface area (Å²) in [6.07, 6.45) is 0. The van der Waals surface area contributed by atoms with Gasteiger partial charge in [-0.2, -0.15) is 0 Å². The van der Waals surface area contributed by atoms with Gasteiger partial charge < -0.3 is 4.90 Å². The summed E-state index contributed by atoms with van der Waals surface area (Å²) in [6, 6.07) is 55.5. The summed E-state index contributed by atoms with van der Waals surface area (Å²) in [5.74, 6) is 0. The summed E-state index contributed by atoms with van der Waals surface area (Å²) >= 11 is 0. The van der Waals surface area contributed by atoms with Crippen LogP contribution in [0.25, 0.3) is 43.8 Å². The van der Waals surface area contributed by atoms with Gasteiger partial charge in [-0.3, -0.25) is 0 Å². The molecule has 0 N–H and O–H groups in total. The van der Waals surface area contributed by atoms with E-state index in [4.69, 9.17) is 0 Å². The van der Waals surface area contributed by atoms with Crippen molar-refractivity contribution in [3.05, 3.63) is 163 Å². The van der Waals surface area contributed by atoms with Gasteiger partial charge in [0.25, 0.3) is 0 Å². The standard InChI is InChI=1S/C41H31N/c1-41(2)38-19-8-7-18-36(38)37-24-23-34(27-39(37)41)42(40-20-10-14-29-12-5-6-17-35(29)40)33-16-9-15-31(26-33)32-22-21-28-11-3-4-13-30(28)25-32/h3-27H,1-2H3. The van der Waals surface area contributed by atoms with Crippen molar-refractivity contribution in [3.8, 4) is 22.3 Å². The fraction of sp³-hybridized carbons (Fsp3) is 0.0732. The van der Waals surface area contributed by atoms with Crippen LogP contribution in [0.4, 0.5) is 17.1 Å². The zero-order chi connectivity index (χ0) is 28.3. The fourth-order valence-corrected chi connectivity index (χ4v) is 6.86. The molecular formula is C41H31N. The normalized spacial score (nSPS) is 13.2. The lowest BCUT2D eigenvalue weighted by Gasteiger charge is -2.29. The summed E-state index contributed by atoms with van der Waals surface area (Å²) in [5.41, 5.74) is 11.3. The third-order valence-electron chi connectivity index (χ3n) is 9.02. The van der Waals surface area contributed by atoms with Crippen molar-refractivity contribution in [2.45, 2.75) is 19.3 Å². The summed E-state index contributed by atoms with van der Waals surface area (Å²) in [5, 5.41) is 4.99. The topological polar surface area (TPSA) is 3.24 Å². The van der Waals surface area contributed by atoms with E-state index in [1.807, 2.05) is 0 Å². The Labute approximate surface area is 247 Å². The first-order chi connectivity index (χ1) is 20.6. The second-order valence-electron chi connectivity index (χ2n) is 11.8. The molecule has 0 heterocycles. The Balaban J connectivity index is 1.33. The van der Waals surface area contributed by atoms with Crippen molar-refractivity contribution in [2.75, 3.05) is 4.90 Å². The van der Waals surface area contributed by atoms with E-state index in [0.29, 0.717) is 0 Å². The first-order valence-electron chi connectivity index (χ1n) is 14.7. The Hall–Kier alpha value is -5.14. The zero-order valence-electron chi connectivity index (χ0n) is 23.9. The van der Waals surface area contributed by atoms with E-state index in [2.05, 4.69) is 170 Å². The summed E-state index contributed by atoms with van der Waals surface area (Å²) in [6.45, 7) is 4.70. The maximum absolute atomic E-state index is 2.44. The zero-order valence-corrected chi connectivity index (χ0v) is 23.9. The van der Waals surface area contributed by atoms with E-state index in [0.717, 1.165) is 5.69 Å². The molecule has 0 amide bonds. The highest BCUT2D eigenvalue weighted by molar-refractivity contribution is 6.00. The minimum absolute atomic E-state index is 0.0701. The Kier molecular flexibility index (Phi) is 5.55. The van der Waals surface area contributed by atoms with Crippen LogP contribution in [0.1, 0.15) is 25.0 Å². The van der Waals surface area contributed by atoms with Gasteiger partial charge >= 0.3 is 0 Å². The van der Waals surface area contributed by atoms with Crippen LogP contribution in [0.3, 0.4) is 0 Å². The van der Waals surface area contributed by atoms with Crippen molar-refractivity contribution >= 4 is 38.6 Å². The van der Waals surface area contributed by atoms with Crippen LogP contribution >= 0.6 is 0 Å². The van der Waals surface area contributed by atoms with Crippen LogP contribution in [-0.4, -0.2) is 0 Å². The molecule has 0 radical (unpaired) electrons. The van der Waals surface area contributed by atoms with Crippen molar-refractivity contribution in [3.63, 3.8) is 0 Å². The molecule has 8 rings (SSSR count). The molecule has 0 aliphatic heterocycles. The number of benzene rings is 7. The lowest BCUT2D eigenvalue weighted by atomic mass is 9.82. The van der Waals surface area contributed by atoms with E-state index in [1.165, 1.54) is 66.3 Å². The fourth-order valence-electron chi connectivity index (χ4n) is 6.86. The van der Waals surface area contributed by atoms with E-state index < -0.39 is 0 Å². The van der Waals surface area contributed by atoms with Crippen molar-refractivity contribution < 1.29 is 0 Å². The quantitative estimate of drug-likeness (QED) is 0.216. The highest BCUT2D eigenvalue weighted by atomic mass is 15.1. The number of hydrogen-bond acceptors (Lipinski definition) is 1. The van der Waals surface area contributed by atoms with E-state index in [1.54, 1.807) is 0 Å². The predicted octanol–water partition coefficient (Wildman–Crippen LogP) is 11.4. The molecule has 0 fully saturated rings. The Bertz CT molecular complexity index is 2130. The highest BCUT2D eigenvalue weighted by Gasteiger charge is 2.35. The van der Waals surface area contributed by atoms with Gasteiger partial charge in [0.15, 0.2) is 0 Å². The van der Waals surface area contributed by atoms with Crippen molar-refractivity contribution in [2.24, 2.45) is 0 Å². The minimum atomic E-state index is -0.0701. The van der Waals surface area contributed by atoms with Crippen LogP contribution in [-0.2, 0) is 5.41 Å². The molecule has 0 saturated carbocycles. The molecule has 0 saturated heterocycles. The number of rotatable bonds is 4. The largest absolute Gasteiger partial charge is 0.310 e. The van der Waals surface area contributed by atoms with Crippen molar-refractivity contribution in [1.29, 1.82) is 0 Å². The molecule has 0 bridgehead atoms. The van der Waals surface area contributed by atoms with Crippen LogP contribution in [0.5, 0.6) is 0 Å². The van der Waals surface area contributed by atoms with Gasteiger partial charge in [0, 0.05) is 22.2 Å². The molecule has 7 aromatic rings. The van der Waals surface area contributed by atoms with Gasteiger partial charge in [-0.1, -0.05) is 129 Å². The van der Waals surface area contributed by atoms with Crippen molar-refractivity contribution in [1.82, 2.24) is 0 Å². The van der Waals surface area contributed by atoms with Gasteiger partial charge in [-0.05, 0) is 85.9 Å². The maximum Gasteiger partial charge on any atom is 0.0540 e. The minimum Gasteiger partial charge on any atom is -0.310 e. The number of fused-ring (bicyclic) bond motifs is 5. The SMILES string of the molecule is CC1(C)c2ccccc2-c2ccc(N(c3cccc(-c4ccc5ccccc5c4)c3)c3cccc4ccccc34)cc21. The molecule has 1 heteroatoms. The average Bonchev–Trinajstić information content (AvgIpc) is 3.27. The smallest absolute Gasteiger partial charge is 0.0540 e. The third kappa shape index (κ3) is 3.85. The molecule has 200 valence electrons. The highest BCUT2D eigenvalue weighted by Crippen LogP contribution is 2.51. The van der Waals surface area contributed by atoms with Gasteiger partial charge in [-0.25, -0.2) is 0 Å². The molecule has 0 unspecified atom stereocenters. The molecule has 7 aromatic carbocycles. The van der Waals surface area contributed by atoms with Gasteiger partial charge in [-0.15, -0.1) is 0 Å². The van der Waals surface area contributed by atoms with Crippen LogP contribution in [0.15, 0.2) is 152 Å².